The number of hydrogen-bond donors (Lipinski definition) is 0. The van der Waals surface area contributed by atoms with E-state index in [-0.39, 0.29) is 0 Å². The number of benzene rings is 3. The Morgan fingerprint density at radius 3 is 2.78 bits per heavy atom. The van der Waals surface area contributed by atoms with Gasteiger partial charge in [-0.3, -0.25) is 0 Å². The monoisotopic (exact) mass is 353 g/mol. The molecule has 0 unspecified atom stereocenters. The van der Waals surface area contributed by atoms with Crippen molar-refractivity contribution in [3.63, 3.8) is 0 Å². The van der Waals surface area contributed by atoms with Crippen LogP contribution in [-0.2, 0) is 6.54 Å². The fourth-order valence-corrected chi connectivity index (χ4v) is 3.31. The van der Waals surface area contributed by atoms with Crippen LogP contribution in [0.4, 0.5) is 0 Å². The SMILES string of the molecule is CCOc1ccc2ccccc2c1/C=C(\C#N)Cn1cnc2ccccc21. The van der Waals surface area contributed by atoms with Gasteiger partial charge in [-0.1, -0.05) is 42.5 Å². The maximum atomic E-state index is 9.76. The Morgan fingerprint density at radius 2 is 1.93 bits per heavy atom. The third-order valence-electron chi connectivity index (χ3n) is 4.56. The maximum absolute atomic E-state index is 9.76. The fourth-order valence-electron chi connectivity index (χ4n) is 3.31. The van der Waals surface area contributed by atoms with E-state index >= 15 is 0 Å². The number of hydrogen-bond acceptors (Lipinski definition) is 3. The average molecular weight is 353 g/mol. The number of imidazole rings is 1. The highest BCUT2D eigenvalue weighted by Gasteiger charge is 2.10. The van der Waals surface area contributed by atoms with Crippen molar-refractivity contribution in [1.29, 1.82) is 5.26 Å². The van der Waals surface area contributed by atoms with Crippen molar-refractivity contribution in [3.8, 4) is 11.8 Å². The summed E-state index contributed by atoms with van der Waals surface area (Å²) in [6.45, 7) is 3.00. The molecular formula is C23H19N3O. The molecule has 0 saturated carbocycles. The van der Waals surface area contributed by atoms with Gasteiger partial charge in [-0.05, 0) is 42.0 Å². The van der Waals surface area contributed by atoms with Gasteiger partial charge in [-0.2, -0.15) is 5.26 Å². The molecule has 0 spiro atoms. The Morgan fingerprint density at radius 1 is 1.11 bits per heavy atom. The maximum Gasteiger partial charge on any atom is 0.127 e. The first-order chi connectivity index (χ1) is 13.3. The minimum Gasteiger partial charge on any atom is -0.493 e. The van der Waals surface area contributed by atoms with E-state index in [1.54, 1.807) is 6.33 Å². The summed E-state index contributed by atoms with van der Waals surface area (Å²) in [6, 6.07) is 22.4. The van der Waals surface area contributed by atoms with Crippen LogP contribution in [0.5, 0.6) is 5.75 Å². The van der Waals surface area contributed by atoms with Crippen LogP contribution in [0.15, 0.2) is 72.6 Å². The van der Waals surface area contributed by atoms with Gasteiger partial charge in [0.05, 0.1) is 42.2 Å². The van der Waals surface area contributed by atoms with Gasteiger partial charge in [-0.15, -0.1) is 0 Å². The molecule has 0 radical (unpaired) electrons. The first kappa shape index (κ1) is 16.9. The molecule has 0 aliphatic heterocycles. The fraction of sp³-hybridized carbons (Fsp3) is 0.130. The molecule has 0 saturated heterocycles. The summed E-state index contributed by atoms with van der Waals surface area (Å²) in [5.74, 6) is 0.791. The molecule has 4 rings (SSSR count). The highest BCUT2D eigenvalue weighted by molar-refractivity contribution is 5.93. The summed E-state index contributed by atoms with van der Waals surface area (Å²) in [7, 11) is 0. The zero-order valence-electron chi connectivity index (χ0n) is 15.1. The zero-order valence-corrected chi connectivity index (χ0v) is 15.1. The summed E-state index contributed by atoms with van der Waals surface area (Å²) in [5.41, 5.74) is 3.53. The first-order valence-electron chi connectivity index (χ1n) is 8.95. The third-order valence-corrected chi connectivity index (χ3v) is 4.56. The van der Waals surface area contributed by atoms with E-state index in [0.29, 0.717) is 18.7 Å². The average Bonchev–Trinajstić information content (AvgIpc) is 3.12. The lowest BCUT2D eigenvalue weighted by atomic mass is 10.0. The van der Waals surface area contributed by atoms with E-state index in [1.807, 2.05) is 66.1 Å². The summed E-state index contributed by atoms with van der Waals surface area (Å²) >= 11 is 0. The number of fused-ring (bicyclic) bond motifs is 2. The van der Waals surface area contributed by atoms with Gasteiger partial charge in [0, 0.05) is 5.56 Å². The molecule has 0 fully saturated rings. The van der Waals surface area contributed by atoms with Gasteiger partial charge in [0.1, 0.15) is 5.75 Å². The second kappa shape index (κ2) is 7.35. The molecule has 3 aromatic carbocycles. The smallest absolute Gasteiger partial charge is 0.127 e. The molecule has 1 heterocycles. The molecule has 0 aliphatic carbocycles. The number of ether oxygens (including phenoxy) is 1. The van der Waals surface area contributed by atoms with Crippen LogP contribution in [-0.4, -0.2) is 16.2 Å². The van der Waals surface area contributed by atoms with Crippen LogP contribution in [0.3, 0.4) is 0 Å². The van der Waals surface area contributed by atoms with Gasteiger partial charge < -0.3 is 9.30 Å². The van der Waals surface area contributed by atoms with Crippen molar-refractivity contribution in [2.24, 2.45) is 0 Å². The molecule has 0 aliphatic rings. The molecule has 0 N–H and O–H groups in total. The molecule has 1 aromatic heterocycles. The Balaban J connectivity index is 1.81. The molecule has 0 amide bonds. The lowest BCUT2D eigenvalue weighted by Crippen LogP contribution is -2.00. The lowest BCUT2D eigenvalue weighted by molar-refractivity contribution is 0.340. The van der Waals surface area contributed by atoms with Gasteiger partial charge in [0.2, 0.25) is 0 Å². The van der Waals surface area contributed by atoms with Crippen molar-refractivity contribution in [3.05, 3.63) is 78.1 Å². The molecule has 4 heteroatoms. The molecule has 4 aromatic rings. The number of aromatic nitrogens is 2. The van der Waals surface area contributed by atoms with E-state index < -0.39 is 0 Å². The zero-order chi connectivity index (χ0) is 18.6. The third kappa shape index (κ3) is 3.28. The highest BCUT2D eigenvalue weighted by Crippen LogP contribution is 2.30. The summed E-state index contributed by atoms with van der Waals surface area (Å²) in [4.78, 5) is 4.41. The summed E-state index contributed by atoms with van der Waals surface area (Å²) in [5, 5.41) is 12.0. The standard InChI is InChI=1S/C23H19N3O/c1-2-27-23-12-11-18-7-3-4-8-19(18)20(23)13-17(14-24)15-26-16-25-21-9-5-6-10-22(21)26/h3-13,16H,2,15H2,1H3/b17-13+. The van der Waals surface area contributed by atoms with Crippen molar-refractivity contribution >= 4 is 27.9 Å². The molecule has 0 bridgehead atoms. The van der Waals surface area contributed by atoms with E-state index in [9.17, 15) is 5.26 Å². The number of allylic oxidation sites excluding steroid dienone is 1. The van der Waals surface area contributed by atoms with Crippen LogP contribution in [0.2, 0.25) is 0 Å². The quantitative estimate of drug-likeness (QED) is 0.464. The number of nitrogens with zero attached hydrogens (tertiary/aromatic N) is 3. The molecule has 132 valence electrons. The van der Waals surface area contributed by atoms with Gasteiger partial charge in [-0.25, -0.2) is 4.98 Å². The highest BCUT2D eigenvalue weighted by atomic mass is 16.5. The van der Waals surface area contributed by atoms with Crippen LogP contribution >= 0.6 is 0 Å². The van der Waals surface area contributed by atoms with Crippen molar-refractivity contribution in [2.75, 3.05) is 6.61 Å². The predicted octanol–water partition coefficient (Wildman–Crippen LogP) is 5.20. The van der Waals surface area contributed by atoms with E-state index in [0.717, 1.165) is 33.1 Å². The second-order valence-corrected chi connectivity index (χ2v) is 6.27. The van der Waals surface area contributed by atoms with Crippen LogP contribution < -0.4 is 4.74 Å². The van der Waals surface area contributed by atoms with E-state index in [2.05, 4.69) is 23.2 Å². The normalized spacial score (nSPS) is 11.6. The van der Waals surface area contributed by atoms with Crippen molar-refractivity contribution in [1.82, 2.24) is 9.55 Å². The van der Waals surface area contributed by atoms with Gasteiger partial charge in [0.25, 0.3) is 0 Å². The van der Waals surface area contributed by atoms with Crippen LogP contribution in [0, 0.1) is 11.3 Å². The number of nitriles is 1. The Bertz CT molecular complexity index is 1180. The minimum atomic E-state index is 0.464. The largest absolute Gasteiger partial charge is 0.493 e. The number of para-hydroxylation sites is 2. The van der Waals surface area contributed by atoms with E-state index in [4.69, 9.17) is 4.74 Å². The Kier molecular flexibility index (Phi) is 4.59. The Labute approximate surface area is 157 Å². The summed E-state index contributed by atoms with van der Waals surface area (Å²) in [6.07, 6.45) is 3.71. The van der Waals surface area contributed by atoms with Gasteiger partial charge in [0.15, 0.2) is 0 Å². The van der Waals surface area contributed by atoms with Crippen LogP contribution in [0.25, 0.3) is 27.9 Å². The molecule has 0 atom stereocenters. The first-order valence-corrected chi connectivity index (χ1v) is 8.95. The molecular weight excluding hydrogens is 334 g/mol. The second-order valence-electron chi connectivity index (χ2n) is 6.27. The topological polar surface area (TPSA) is 50.8 Å². The van der Waals surface area contributed by atoms with Gasteiger partial charge >= 0.3 is 0 Å². The van der Waals surface area contributed by atoms with Crippen molar-refractivity contribution < 1.29 is 4.74 Å². The van der Waals surface area contributed by atoms with Crippen LogP contribution in [0.1, 0.15) is 12.5 Å². The minimum absolute atomic E-state index is 0.464. The Hall–Kier alpha value is -3.58. The lowest BCUT2D eigenvalue weighted by Gasteiger charge is -2.11. The number of rotatable bonds is 5. The van der Waals surface area contributed by atoms with E-state index in [1.165, 1.54) is 0 Å². The summed E-state index contributed by atoms with van der Waals surface area (Å²) < 4.78 is 7.82. The predicted molar refractivity (Wildman–Crippen MR) is 108 cm³/mol. The molecule has 27 heavy (non-hydrogen) atoms. The molecule has 4 nitrogen and oxygen atoms in total. The van der Waals surface area contributed by atoms with Crippen molar-refractivity contribution in [2.45, 2.75) is 13.5 Å².